The summed E-state index contributed by atoms with van der Waals surface area (Å²) in [5.41, 5.74) is 3.66. The van der Waals surface area contributed by atoms with E-state index >= 15 is 0 Å². The molecule has 4 nitrogen and oxygen atoms in total. The van der Waals surface area contributed by atoms with Crippen molar-refractivity contribution in [1.82, 2.24) is 5.32 Å². The van der Waals surface area contributed by atoms with E-state index < -0.39 is 0 Å². The lowest BCUT2D eigenvalue weighted by Crippen LogP contribution is -2.29. The average molecular weight is 322 g/mol. The first kappa shape index (κ1) is 16.2. The summed E-state index contributed by atoms with van der Waals surface area (Å²) in [6, 6.07) is 15.4. The third-order valence-corrected chi connectivity index (χ3v) is 4.28. The number of aryl methyl sites for hydroxylation is 1. The molecule has 1 fully saturated rings. The number of carbonyl (C=O) groups excluding carboxylic acids is 2. The summed E-state index contributed by atoms with van der Waals surface area (Å²) >= 11 is 0. The lowest BCUT2D eigenvalue weighted by molar-refractivity contribution is -0.114. The van der Waals surface area contributed by atoms with Crippen LogP contribution in [0.4, 0.5) is 5.69 Å². The zero-order valence-corrected chi connectivity index (χ0v) is 14.0. The highest BCUT2D eigenvalue weighted by atomic mass is 16.2. The van der Waals surface area contributed by atoms with Crippen LogP contribution >= 0.6 is 0 Å². The van der Waals surface area contributed by atoms with Gasteiger partial charge in [-0.25, -0.2) is 0 Å². The molecule has 1 saturated carbocycles. The number of amides is 2. The maximum Gasteiger partial charge on any atom is 0.251 e. The number of hydrogen-bond donors (Lipinski definition) is 2. The Bertz CT molecular complexity index is 731. The van der Waals surface area contributed by atoms with Crippen molar-refractivity contribution in [1.29, 1.82) is 0 Å². The molecule has 2 N–H and O–H groups in total. The Labute approximate surface area is 142 Å². The number of rotatable bonds is 5. The van der Waals surface area contributed by atoms with E-state index in [-0.39, 0.29) is 17.9 Å². The minimum absolute atomic E-state index is 0.0631. The molecule has 1 unspecified atom stereocenters. The minimum atomic E-state index is -0.125. The second-order valence-electron chi connectivity index (χ2n) is 6.46. The molecule has 2 aromatic carbocycles. The number of carbonyl (C=O) groups is 2. The van der Waals surface area contributed by atoms with Crippen molar-refractivity contribution in [3.8, 4) is 0 Å². The van der Waals surface area contributed by atoms with E-state index in [9.17, 15) is 9.59 Å². The van der Waals surface area contributed by atoms with Gasteiger partial charge in [0.25, 0.3) is 5.91 Å². The first-order chi connectivity index (χ1) is 11.5. The second-order valence-corrected chi connectivity index (χ2v) is 6.46. The maximum atomic E-state index is 12.6. The average Bonchev–Trinajstić information content (AvgIpc) is 3.38. The molecule has 2 aromatic rings. The molecule has 3 rings (SSSR count). The predicted molar refractivity (Wildman–Crippen MR) is 94.9 cm³/mol. The van der Waals surface area contributed by atoms with Crippen LogP contribution in [0.2, 0.25) is 0 Å². The monoisotopic (exact) mass is 322 g/mol. The molecule has 0 radical (unpaired) electrons. The van der Waals surface area contributed by atoms with Crippen molar-refractivity contribution in [3.05, 3.63) is 65.2 Å². The van der Waals surface area contributed by atoms with Crippen molar-refractivity contribution in [2.45, 2.75) is 32.7 Å². The van der Waals surface area contributed by atoms with Gasteiger partial charge in [-0.05, 0) is 55.5 Å². The van der Waals surface area contributed by atoms with E-state index in [1.54, 1.807) is 24.3 Å². The Morgan fingerprint density at radius 2 is 1.62 bits per heavy atom. The van der Waals surface area contributed by atoms with Crippen molar-refractivity contribution in [3.63, 3.8) is 0 Å². The maximum absolute atomic E-state index is 12.6. The van der Waals surface area contributed by atoms with Gasteiger partial charge in [-0.3, -0.25) is 9.59 Å². The first-order valence-electron chi connectivity index (χ1n) is 8.28. The molecule has 1 aliphatic rings. The van der Waals surface area contributed by atoms with E-state index in [0.717, 1.165) is 18.4 Å². The highest BCUT2D eigenvalue weighted by Gasteiger charge is 2.33. The molecule has 0 aliphatic heterocycles. The molecule has 1 aliphatic carbocycles. The summed E-state index contributed by atoms with van der Waals surface area (Å²) in [7, 11) is 0. The third-order valence-electron chi connectivity index (χ3n) is 4.28. The molecular formula is C20H22N2O2. The Kier molecular flexibility index (Phi) is 4.65. The summed E-state index contributed by atoms with van der Waals surface area (Å²) in [5, 5.41) is 5.87. The molecule has 2 amide bonds. The Morgan fingerprint density at radius 3 is 2.17 bits per heavy atom. The molecule has 0 heterocycles. The van der Waals surface area contributed by atoms with E-state index in [1.807, 2.05) is 0 Å². The highest BCUT2D eigenvalue weighted by molar-refractivity contribution is 5.95. The minimum Gasteiger partial charge on any atom is -0.345 e. The standard InChI is InChI=1S/C20H22N2O2/c1-13-3-5-15(6-4-13)19(16-7-8-16)22-20(24)17-9-11-18(12-10-17)21-14(2)23/h3-6,9-12,16,19H,7-8H2,1-2H3,(H,21,23)(H,22,24). The molecule has 0 bridgehead atoms. The van der Waals surface area contributed by atoms with Gasteiger partial charge in [-0.2, -0.15) is 0 Å². The lowest BCUT2D eigenvalue weighted by Gasteiger charge is -2.19. The molecule has 24 heavy (non-hydrogen) atoms. The lowest BCUT2D eigenvalue weighted by atomic mass is 10.0. The second kappa shape index (κ2) is 6.87. The quantitative estimate of drug-likeness (QED) is 0.879. The van der Waals surface area contributed by atoms with Crippen LogP contribution in [0.5, 0.6) is 0 Å². The van der Waals surface area contributed by atoms with Gasteiger partial charge in [0, 0.05) is 18.2 Å². The van der Waals surface area contributed by atoms with Crippen LogP contribution in [0.3, 0.4) is 0 Å². The smallest absolute Gasteiger partial charge is 0.251 e. The van der Waals surface area contributed by atoms with Gasteiger partial charge in [0.1, 0.15) is 0 Å². The van der Waals surface area contributed by atoms with Crippen LogP contribution < -0.4 is 10.6 Å². The molecular weight excluding hydrogens is 300 g/mol. The zero-order chi connectivity index (χ0) is 17.1. The zero-order valence-electron chi connectivity index (χ0n) is 14.0. The van der Waals surface area contributed by atoms with Crippen LogP contribution in [0.25, 0.3) is 0 Å². The predicted octanol–water partition coefficient (Wildman–Crippen LogP) is 3.83. The Hall–Kier alpha value is -2.62. The van der Waals surface area contributed by atoms with E-state index in [0.29, 0.717) is 17.2 Å². The third kappa shape index (κ3) is 4.02. The van der Waals surface area contributed by atoms with Crippen LogP contribution in [0, 0.1) is 12.8 Å². The summed E-state index contributed by atoms with van der Waals surface area (Å²) in [5.74, 6) is 0.317. The molecule has 4 heteroatoms. The van der Waals surface area contributed by atoms with Gasteiger partial charge < -0.3 is 10.6 Å². The molecule has 0 aromatic heterocycles. The molecule has 1 atom stereocenters. The van der Waals surface area contributed by atoms with Crippen LogP contribution in [-0.4, -0.2) is 11.8 Å². The number of anilines is 1. The van der Waals surface area contributed by atoms with Gasteiger partial charge in [0.15, 0.2) is 0 Å². The Morgan fingerprint density at radius 1 is 1.00 bits per heavy atom. The SMILES string of the molecule is CC(=O)Nc1ccc(C(=O)NC(c2ccc(C)cc2)C2CC2)cc1. The number of hydrogen-bond acceptors (Lipinski definition) is 2. The van der Waals surface area contributed by atoms with Gasteiger partial charge >= 0.3 is 0 Å². The van der Waals surface area contributed by atoms with Gasteiger partial charge in [-0.15, -0.1) is 0 Å². The number of benzene rings is 2. The Balaban J connectivity index is 1.71. The van der Waals surface area contributed by atoms with Crippen LogP contribution in [0.1, 0.15) is 47.3 Å². The fourth-order valence-electron chi connectivity index (χ4n) is 2.81. The molecule has 0 saturated heterocycles. The summed E-state index contributed by atoms with van der Waals surface area (Å²) in [6.45, 7) is 3.52. The van der Waals surface area contributed by atoms with Crippen molar-refractivity contribution in [2.24, 2.45) is 5.92 Å². The summed E-state index contributed by atoms with van der Waals surface area (Å²) in [4.78, 5) is 23.6. The summed E-state index contributed by atoms with van der Waals surface area (Å²) in [6.07, 6.45) is 2.31. The van der Waals surface area contributed by atoms with Crippen molar-refractivity contribution < 1.29 is 9.59 Å². The number of nitrogens with one attached hydrogen (secondary N) is 2. The largest absolute Gasteiger partial charge is 0.345 e. The van der Waals surface area contributed by atoms with E-state index in [2.05, 4.69) is 41.8 Å². The van der Waals surface area contributed by atoms with Crippen LogP contribution in [0.15, 0.2) is 48.5 Å². The van der Waals surface area contributed by atoms with Crippen molar-refractivity contribution in [2.75, 3.05) is 5.32 Å². The van der Waals surface area contributed by atoms with Crippen LogP contribution in [-0.2, 0) is 4.79 Å². The van der Waals surface area contributed by atoms with E-state index in [1.165, 1.54) is 12.5 Å². The van der Waals surface area contributed by atoms with Gasteiger partial charge in [-0.1, -0.05) is 29.8 Å². The molecule has 124 valence electrons. The normalized spacial score (nSPS) is 14.8. The highest BCUT2D eigenvalue weighted by Crippen LogP contribution is 2.41. The van der Waals surface area contributed by atoms with E-state index in [4.69, 9.17) is 0 Å². The van der Waals surface area contributed by atoms with Gasteiger partial charge in [0.05, 0.1) is 6.04 Å². The first-order valence-corrected chi connectivity index (χ1v) is 8.28. The summed E-state index contributed by atoms with van der Waals surface area (Å²) < 4.78 is 0. The topological polar surface area (TPSA) is 58.2 Å². The van der Waals surface area contributed by atoms with Crippen molar-refractivity contribution >= 4 is 17.5 Å². The molecule has 0 spiro atoms. The fourth-order valence-corrected chi connectivity index (χ4v) is 2.81. The van der Waals surface area contributed by atoms with Gasteiger partial charge in [0.2, 0.25) is 5.91 Å². The fraction of sp³-hybridized carbons (Fsp3) is 0.300.